The second-order valence-electron chi connectivity index (χ2n) is 6.26. The Bertz CT molecular complexity index is 631. The summed E-state index contributed by atoms with van der Waals surface area (Å²) in [4.78, 5) is 14.1. The Balaban J connectivity index is 1.77. The summed E-state index contributed by atoms with van der Waals surface area (Å²) < 4.78 is 1.76. The van der Waals surface area contributed by atoms with Gasteiger partial charge >= 0.3 is 0 Å². The zero-order valence-electron chi connectivity index (χ0n) is 14.4. The second-order valence-corrected chi connectivity index (χ2v) is 6.26. The first-order valence-corrected chi connectivity index (χ1v) is 7.97. The van der Waals surface area contributed by atoms with Gasteiger partial charge in [-0.1, -0.05) is 12.1 Å². The molecule has 0 bridgehead atoms. The van der Waals surface area contributed by atoms with Crippen molar-refractivity contribution in [2.75, 3.05) is 19.0 Å². The van der Waals surface area contributed by atoms with Crippen LogP contribution < -0.4 is 10.2 Å². The number of aromatic nitrogens is 2. The first-order valence-electron chi connectivity index (χ1n) is 7.97. The number of carbonyl (C=O) groups is 1. The van der Waals surface area contributed by atoms with Gasteiger partial charge < -0.3 is 10.2 Å². The summed E-state index contributed by atoms with van der Waals surface area (Å²) in [5.41, 5.74) is 3.51. The number of rotatable bonds is 7. The van der Waals surface area contributed by atoms with E-state index in [-0.39, 0.29) is 11.9 Å². The zero-order chi connectivity index (χ0) is 16.8. The fraction of sp³-hybridized carbons (Fsp3) is 0.444. The molecule has 1 N–H and O–H groups in total. The zero-order valence-corrected chi connectivity index (χ0v) is 14.4. The van der Waals surface area contributed by atoms with E-state index in [1.54, 1.807) is 4.68 Å². The Hall–Kier alpha value is -2.30. The van der Waals surface area contributed by atoms with Gasteiger partial charge in [-0.05, 0) is 43.0 Å². The molecule has 1 heterocycles. The fourth-order valence-electron chi connectivity index (χ4n) is 2.54. The van der Waals surface area contributed by atoms with Gasteiger partial charge in [0.15, 0.2) is 0 Å². The molecule has 1 aromatic carbocycles. The van der Waals surface area contributed by atoms with E-state index >= 15 is 0 Å². The van der Waals surface area contributed by atoms with Crippen molar-refractivity contribution in [3.8, 4) is 0 Å². The molecule has 0 spiro atoms. The van der Waals surface area contributed by atoms with E-state index in [0.717, 1.165) is 18.4 Å². The second kappa shape index (κ2) is 7.81. The Morgan fingerprint density at radius 2 is 1.96 bits per heavy atom. The Labute approximate surface area is 138 Å². The number of hydrogen-bond acceptors (Lipinski definition) is 3. The third-order valence-electron chi connectivity index (χ3n) is 3.80. The molecule has 2 aromatic rings. The summed E-state index contributed by atoms with van der Waals surface area (Å²) in [6.07, 6.45) is 5.82. The summed E-state index contributed by atoms with van der Waals surface area (Å²) in [5, 5.41) is 7.18. The third-order valence-corrected chi connectivity index (χ3v) is 3.80. The van der Waals surface area contributed by atoms with Crippen molar-refractivity contribution in [1.82, 2.24) is 15.1 Å². The molecule has 0 aliphatic carbocycles. The van der Waals surface area contributed by atoms with E-state index in [1.807, 2.05) is 40.5 Å². The van der Waals surface area contributed by atoms with Gasteiger partial charge in [0.2, 0.25) is 5.91 Å². The van der Waals surface area contributed by atoms with Crippen LogP contribution in [0.3, 0.4) is 0 Å². The van der Waals surface area contributed by atoms with E-state index in [0.29, 0.717) is 6.42 Å². The van der Waals surface area contributed by atoms with Crippen LogP contribution in [0.25, 0.3) is 0 Å². The molecule has 0 aliphatic heterocycles. The van der Waals surface area contributed by atoms with Crippen LogP contribution in [0.1, 0.15) is 24.5 Å². The number of nitrogens with zero attached hydrogens (tertiary/aromatic N) is 3. The van der Waals surface area contributed by atoms with Crippen LogP contribution in [0.4, 0.5) is 5.69 Å². The minimum absolute atomic E-state index is 0.0891. The maximum Gasteiger partial charge on any atom is 0.220 e. The Kier molecular flexibility index (Phi) is 5.79. The van der Waals surface area contributed by atoms with Crippen LogP contribution in [-0.2, 0) is 24.7 Å². The summed E-state index contributed by atoms with van der Waals surface area (Å²) in [6.45, 7) is 2.04. The standard InChI is InChI=1S/C18H26N4O/c1-14(11-15-5-8-17(9-6-15)21(2)3)20-18(23)10-7-16-12-19-22(4)13-16/h5-6,8-9,12-14H,7,10-11H2,1-4H3,(H,20,23). The topological polar surface area (TPSA) is 50.2 Å². The first kappa shape index (κ1) is 17.1. The molecule has 1 amide bonds. The van der Waals surface area contributed by atoms with Gasteiger partial charge in [-0.2, -0.15) is 5.10 Å². The molecule has 1 aromatic heterocycles. The number of hydrogen-bond donors (Lipinski definition) is 1. The molecule has 0 fully saturated rings. The van der Waals surface area contributed by atoms with Crippen LogP contribution in [0.15, 0.2) is 36.7 Å². The van der Waals surface area contributed by atoms with Crippen LogP contribution >= 0.6 is 0 Å². The summed E-state index contributed by atoms with van der Waals surface area (Å²) in [5.74, 6) is 0.0891. The van der Waals surface area contributed by atoms with Gasteiger partial charge in [-0.15, -0.1) is 0 Å². The molecule has 5 nitrogen and oxygen atoms in total. The lowest BCUT2D eigenvalue weighted by atomic mass is 10.1. The maximum atomic E-state index is 12.0. The van der Waals surface area contributed by atoms with E-state index in [9.17, 15) is 4.79 Å². The highest BCUT2D eigenvalue weighted by molar-refractivity contribution is 5.76. The van der Waals surface area contributed by atoms with Gasteiger partial charge in [0.1, 0.15) is 0 Å². The van der Waals surface area contributed by atoms with Crippen molar-refractivity contribution in [2.45, 2.75) is 32.2 Å². The molecule has 0 saturated heterocycles. The van der Waals surface area contributed by atoms with E-state index < -0.39 is 0 Å². The third kappa shape index (κ3) is 5.43. The smallest absolute Gasteiger partial charge is 0.220 e. The lowest BCUT2D eigenvalue weighted by Gasteiger charge is -2.16. The largest absolute Gasteiger partial charge is 0.378 e. The van der Waals surface area contributed by atoms with E-state index in [1.165, 1.54) is 11.3 Å². The highest BCUT2D eigenvalue weighted by Gasteiger charge is 2.09. The Morgan fingerprint density at radius 3 is 2.52 bits per heavy atom. The van der Waals surface area contributed by atoms with Gasteiger partial charge in [-0.25, -0.2) is 0 Å². The number of aryl methyl sites for hydroxylation is 2. The van der Waals surface area contributed by atoms with Crippen molar-refractivity contribution in [1.29, 1.82) is 0 Å². The van der Waals surface area contributed by atoms with Crippen molar-refractivity contribution in [3.05, 3.63) is 47.8 Å². The first-order chi connectivity index (χ1) is 10.9. The molecular formula is C18H26N4O. The molecule has 1 atom stereocenters. The van der Waals surface area contributed by atoms with Gasteiger partial charge in [0.05, 0.1) is 6.20 Å². The predicted octanol–water partition coefficient (Wildman–Crippen LogP) is 2.17. The van der Waals surface area contributed by atoms with Crippen molar-refractivity contribution in [3.63, 3.8) is 0 Å². The van der Waals surface area contributed by atoms with Crippen LogP contribution in [-0.4, -0.2) is 35.8 Å². The number of anilines is 1. The highest BCUT2D eigenvalue weighted by Crippen LogP contribution is 2.13. The molecule has 23 heavy (non-hydrogen) atoms. The van der Waals surface area contributed by atoms with Gasteiger partial charge in [-0.3, -0.25) is 9.48 Å². The van der Waals surface area contributed by atoms with Crippen molar-refractivity contribution >= 4 is 11.6 Å². The Morgan fingerprint density at radius 1 is 1.26 bits per heavy atom. The molecule has 0 aliphatic rings. The minimum atomic E-state index is 0.0891. The average Bonchev–Trinajstić information content (AvgIpc) is 2.91. The summed E-state index contributed by atoms with van der Waals surface area (Å²) in [7, 11) is 5.94. The SMILES string of the molecule is CC(Cc1ccc(N(C)C)cc1)NC(=O)CCc1cnn(C)c1. The fourth-order valence-corrected chi connectivity index (χ4v) is 2.54. The number of carbonyl (C=O) groups excluding carboxylic acids is 1. The molecule has 2 rings (SSSR count). The lowest BCUT2D eigenvalue weighted by Crippen LogP contribution is -2.34. The molecular weight excluding hydrogens is 288 g/mol. The molecule has 0 radical (unpaired) electrons. The maximum absolute atomic E-state index is 12.0. The molecule has 124 valence electrons. The monoisotopic (exact) mass is 314 g/mol. The van der Waals surface area contributed by atoms with Crippen LogP contribution in [0.2, 0.25) is 0 Å². The molecule has 5 heteroatoms. The van der Waals surface area contributed by atoms with Crippen LogP contribution in [0.5, 0.6) is 0 Å². The lowest BCUT2D eigenvalue weighted by molar-refractivity contribution is -0.121. The number of benzene rings is 1. The van der Waals surface area contributed by atoms with Gasteiger partial charge in [0.25, 0.3) is 0 Å². The molecule has 0 saturated carbocycles. The number of nitrogens with one attached hydrogen (secondary N) is 1. The number of amides is 1. The quantitative estimate of drug-likeness (QED) is 0.852. The van der Waals surface area contributed by atoms with E-state index in [2.05, 4.69) is 39.6 Å². The average molecular weight is 314 g/mol. The van der Waals surface area contributed by atoms with E-state index in [4.69, 9.17) is 0 Å². The summed E-state index contributed by atoms with van der Waals surface area (Å²) >= 11 is 0. The highest BCUT2D eigenvalue weighted by atomic mass is 16.1. The normalized spacial score (nSPS) is 12.0. The summed E-state index contributed by atoms with van der Waals surface area (Å²) in [6, 6.07) is 8.57. The van der Waals surface area contributed by atoms with Crippen molar-refractivity contribution < 1.29 is 4.79 Å². The molecule has 1 unspecified atom stereocenters. The minimum Gasteiger partial charge on any atom is -0.378 e. The van der Waals surface area contributed by atoms with Crippen molar-refractivity contribution in [2.24, 2.45) is 7.05 Å². The predicted molar refractivity (Wildman–Crippen MR) is 93.6 cm³/mol. The van der Waals surface area contributed by atoms with Crippen LogP contribution in [0, 0.1) is 0 Å². The van der Waals surface area contributed by atoms with Gasteiger partial charge in [0, 0.05) is 45.5 Å².